The average molecular weight is 314 g/mol. The van der Waals surface area contributed by atoms with Crippen LogP contribution in [0.5, 0.6) is 0 Å². The number of aliphatic imine (C=N–C) groups is 1. The lowest BCUT2D eigenvalue weighted by Gasteiger charge is -2.11. The summed E-state index contributed by atoms with van der Waals surface area (Å²) in [5, 5.41) is 6.65. The Bertz CT molecular complexity index is 557. The molecule has 4 nitrogen and oxygen atoms in total. The zero-order chi connectivity index (χ0) is 15.5. The quantitative estimate of drug-likeness (QED) is 0.357. The maximum atomic E-state index is 4.23. The minimum atomic E-state index is 0.844. The number of aromatic nitrogens is 1. The molecule has 2 N–H and O–H groups in total. The summed E-state index contributed by atoms with van der Waals surface area (Å²) >= 11 is 1.84. The van der Waals surface area contributed by atoms with Crippen molar-refractivity contribution in [2.45, 2.75) is 11.3 Å². The van der Waals surface area contributed by atoms with Crippen molar-refractivity contribution in [1.82, 2.24) is 15.6 Å². The van der Waals surface area contributed by atoms with Gasteiger partial charge in [-0.05, 0) is 30.2 Å². The van der Waals surface area contributed by atoms with E-state index in [1.54, 1.807) is 13.2 Å². The lowest BCUT2D eigenvalue weighted by molar-refractivity contribution is 0.810. The molecule has 1 heterocycles. The Morgan fingerprint density at radius 1 is 1.09 bits per heavy atom. The molecule has 0 saturated carbocycles. The molecule has 0 aliphatic rings. The standard InChI is InChI=1S/C17H22N4S/c1-18-17(20-11-9-15-6-5-10-19-14-15)21-12-13-22-16-7-3-2-4-8-16/h2-8,10,14H,9,11-13H2,1H3,(H2,18,20,21). The SMILES string of the molecule is CN=C(NCCSc1ccccc1)NCCc1cccnc1. The number of nitrogens with zero attached hydrogens (tertiary/aromatic N) is 2. The molecule has 0 bridgehead atoms. The van der Waals surface area contributed by atoms with Gasteiger partial charge in [0, 0.05) is 43.2 Å². The molecule has 2 rings (SSSR count). The van der Waals surface area contributed by atoms with Gasteiger partial charge >= 0.3 is 0 Å². The van der Waals surface area contributed by atoms with Gasteiger partial charge in [-0.3, -0.25) is 9.98 Å². The molecule has 0 aliphatic carbocycles. The molecule has 22 heavy (non-hydrogen) atoms. The van der Waals surface area contributed by atoms with Gasteiger partial charge in [0.15, 0.2) is 5.96 Å². The highest BCUT2D eigenvalue weighted by Gasteiger charge is 1.98. The molecule has 0 spiro atoms. The second-order valence-electron chi connectivity index (χ2n) is 4.70. The third-order valence-electron chi connectivity index (χ3n) is 3.06. The van der Waals surface area contributed by atoms with Crippen LogP contribution >= 0.6 is 11.8 Å². The fraction of sp³-hybridized carbons (Fsp3) is 0.294. The largest absolute Gasteiger partial charge is 0.356 e. The second kappa shape index (κ2) is 9.84. The van der Waals surface area contributed by atoms with Crippen molar-refractivity contribution in [1.29, 1.82) is 0 Å². The first-order valence-electron chi connectivity index (χ1n) is 7.40. The molecule has 0 radical (unpaired) electrons. The molecular weight excluding hydrogens is 292 g/mol. The monoisotopic (exact) mass is 314 g/mol. The van der Waals surface area contributed by atoms with Gasteiger partial charge in [-0.25, -0.2) is 0 Å². The molecule has 1 aromatic carbocycles. The zero-order valence-corrected chi connectivity index (χ0v) is 13.6. The topological polar surface area (TPSA) is 49.3 Å². The summed E-state index contributed by atoms with van der Waals surface area (Å²) in [5.74, 6) is 1.85. The van der Waals surface area contributed by atoms with Gasteiger partial charge in [-0.1, -0.05) is 24.3 Å². The van der Waals surface area contributed by atoms with Crippen LogP contribution in [0.4, 0.5) is 0 Å². The number of pyridine rings is 1. The molecular formula is C17H22N4S. The summed E-state index contributed by atoms with van der Waals surface area (Å²) in [6, 6.07) is 14.5. The minimum absolute atomic E-state index is 0.844. The summed E-state index contributed by atoms with van der Waals surface area (Å²) in [6.45, 7) is 1.73. The molecule has 0 atom stereocenters. The average Bonchev–Trinajstić information content (AvgIpc) is 2.59. The van der Waals surface area contributed by atoms with Crippen LogP contribution in [0, 0.1) is 0 Å². The first-order chi connectivity index (χ1) is 10.9. The Hall–Kier alpha value is -2.01. The highest BCUT2D eigenvalue weighted by Crippen LogP contribution is 2.15. The Balaban J connectivity index is 1.61. The van der Waals surface area contributed by atoms with Crippen LogP contribution in [0.15, 0.2) is 64.7 Å². The van der Waals surface area contributed by atoms with E-state index in [1.807, 2.05) is 30.1 Å². The minimum Gasteiger partial charge on any atom is -0.356 e. The lowest BCUT2D eigenvalue weighted by Crippen LogP contribution is -2.39. The Morgan fingerprint density at radius 2 is 1.91 bits per heavy atom. The van der Waals surface area contributed by atoms with E-state index in [4.69, 9.17) is 0 Å². The fourth-order valence-corrected chi connectivity index (χ4v) is 2.74. The number of hydrogen-bond acceptors (Lipinski definition) is 3. The van der Waals surface area contributed by atoms with Crippen molar-refractivity contribution < 1.29 is 0 Å². The van der Waals surface area contributed by atoms with Crippen LogP contribution in [-0.4, -0.2) is 36.8 Å². The third-order valence-corrected chi connectivity index (χ3v) is 4.07. The Labute approximate surface area is 136 Å². The normalized spacial score (nSPS) is 11.2. The van der Waals surface area contributed by atoms with Gasteiger partial charge in [0.2, 0.25) is 0 Å². The number of guanidine groups is 1. The van der Waals surface area contributed by atoms with Crippen LogP contribution in [0.2, 0.25) is 0 Å². The van der Waals surface area contributed by atoms with E-state index in [0.29, 0.717) is 0 Å². The molecule has 116 valence electrons. The van der Waals surface area contributed by atoms with Crippen molar-refractivity contribution in [3.05, 3.63) is 60.4 Å². The highest BCUT2D eigenvalue weighted by atomic mass is 32.2. The highest BCUT2D eigenvalue weighted by molar-refractivity contribution is 7.99. The molecule has 0 unspecified atom stereocenters. The predicted molar refractivity (Wildman–Crippen MR) is 94.5 cm³/mol. The van der Waals surface area contributed by atoms with Gasteiger partial charge in [-0.15, -0.1) is 11.8 Å². The Morgan fingerprint density at radius 3 is 2.64 bits per heavy atom. The number of thioether (sulfide) groups is 1. The van der Waals surface area contributed by atoms with E-state index >= 15 is 0 Å². The van der Waals surface area contributed by atoms with Crippen molar-refractivity contribution >= 4 is 17.7 Å². The third kappa shape index (κ3) is 6.18. The van der Waals surface area contributed by atoms with E-state index in [-0.39, 0.29) is 0 Å². The molecule has 5 heteroatoms. The van der Waals surface area contributed by atoms with Crippen molar-refractivity contribution in [2.75, 3.05) is 25.9 Å². The van der Waals surface area contributed by atoms with Crippen LogP contribution in [0.3, 0.4) is 0 Å². The Kier molecular flexibility index (Phi) is 7.32. The molecule has 0 aliphatic heterocycles. The number of benzene rings is 1. The van der Waals surface area contributed by atoms with Crippen molar-refractivity contribution in [3.8, 4) is 0 Å². The fourth-order valence-electron chi connectivity index (χ4n) is 1.95. The summed E-state index contributed by atoms with van der Waals surface area (Å²) in [5.41, 5.74) is 1.23. The van der Waals surface area contributed by atoms with Gasteiger partial charge in [0.1, 0.15) is 0 Å². The van der Waals surface area contributed by atoms with Crippen LogP contribution in [0.25, 0.3) is 0 Å². The molecule has 0 saturated heterocycles. The van der Waals surface area contributed by atoms with Crippen molar-refractivity contribution in [3.63, 3.8) is 0 Å². The summed E-state index contributed by atoms with van der Waals surface area (Å²) in [7, 11) is 1.80. The van der Waals surface area contributed by atoms with Crippen LogP contribution < -0.4 is 10.6 Å². The van der Waals surface area contributed by atoms with E-state index in [0.717, 1.165) is 31.2 Å². The second-order valence-corrected chi connectivity index (χ2v) is 5.87. The maximum absolute atomic E-state index is 4.23. The molecule has 2 aromatic rings. The lowest BCUT2D eigenvalue weighted by atomic mass is 10.2. The zero-order valence-electron chi connectivity index (χ0n) is 12.8. The maximum Gasteiger partial charge on any atom is 0.191 e. The van der Waals surface area contributed by atoms with Gasteiger partial charge in [0.25, 0.3) is 0 Å². The first-order valence-corrected chi connectivity index (χ1v) is 8.38. The first kappa shape index (κ1) is 16.4. The van der Waals surface area contributed by atoms with Gasteiger partial charge in [0.05, 0.1) is 0 Å². The molecule has 1 aromatic heterocycles. The van der Waals surface area contributed by atoms with Gasteiger partial charge < -0.3 is 10.6 Å². The summed E-state index contributed by atoms with van der Waals surface area (Å²) in [6.07, 6.45) is 4.63. The molecule has 0 amide bonds. The van der Waals surface area contributed by atoms with Crippen LogP contribution in [-0.2, 0) is 6.42 Å². The van der Waals surface area contributed by atoms with E-state index < -0.39 is 0 Å². The smallest absolute Gasteiger partial charge is 0.191 e. The van der Waals surface area contributed by atoms with E-state index in [1.165, 1.54) is 10.5 Å². The van der Waals surface area contributed by atoms with Crippen LogP contribution in [0.1, 0.15) is 5.56 Å². The number of rotatable bonds is 7. The van der Waals surface area contributed by atoms with Crippen molar-refractivity contribution in [2.24, 2.45) is 4.99 Å². The molecule has 0 fully saturated rings. The number of nitrogens with one attached hydrogen (secondary N) is 2. The summed E-state index contributed by atoms with van der Waals surface area (Å²) < 4.78 is 0. The van der Waals surface area contributed by atoms with E-state index in [9.17, 15) is 0 Å². The van der Waals surface area contributed by atoms with E-state index in [2.05, 4.69) is 50.9 Å². The summed E-state index contributed by atoms with van der Waals surface area (Å²) in [4.78, 5) is 9.64. The predicted octanol–water partition coefficient (Wildman–Crippen LogP) is 2.58. The number of hydrogen-bond donors (Lipinski definition) is 2. The van der Waals surface area contributed by atoms with Gasteiger partial charge in [-0.2, -0.15) is 0 Å².